The Labute approximate surface area is 202 Å². The van der Waals surface area contributed by atoms with Crippen LogP contribution >= 0.6 is 0 Å². The molecule has 2 fully saturated rings. The molecule has 182 valence electrons. The minimum absolute atomic E-state index is 0.0744. The van der Waals surface area contributed by atoms with Crippen LogP contribution in [0.15, 0.2) is 48.5 Å². The SMILES string of the molecule is Cc1ccc(NC(=O)N2CCC(NC(=O)NC3CCCCC3)CC2)c(OCc2ccccc2)c1. The molecule has 2 aliphatic rings. The van der Waals surface area contributed by atoms with Crippen molar-refractivity contribution in [2.45, 2.75) is 70.6 Å². The van der Waals surface area contributed by atoms with Gasteiger partial charge in [-0.3, -0.25) is 0 Å². The van der Waals surface area contributed by atoms with E-state index in [1.54, 1.807) is 4.90 Å². The van der Waals surface area contributed by atoms with E-state index in [4.69, 9.17) is 4.74 Å². The summed E-state index contributed by atoms with van der Waals surface area (Å²) < 4.78 is 6.03. The van der Waals surface area contributed by atoms with E-state index in [1.165, 1.54) is 19.3 Å². The Hall–Kier alpha value is -3.22. The van der Waals surface area contributed by atoms with Crippen LogP contribution in [0.5, 0.6) is 5.75 Å². The van der Waals surface area contributed by atoms with Crippen LogP contribution < -0.4 is 20.7 Å². The number of carbonyl (C=O) groups is 2. The van der Waals surface area contributed by atoms with E-state index in [2.05, 4.69) is 16.0 Å². The zero-order valence-corrected chi connectivity index (χ0v) is 20.0. The second-order valence-corrected chi connectivity index (χ2v) is 9.42. The summed E-state index contributed by atoms with van der Waals surface area (Å²) in [6.45, 7) is 3.65. The summed E-state index contributed by atoms with van der Waals surface area (Å²) in [6.07, 6.45) is 7.29. The third-order valence-corrected chi connectivity index (χ3v) is 6.67. The molecule has 4 rings (SSSR count). The highest BCUT2D eigenvalue weighted by molar-refractivity contribution is 5.91. The first kappa shape index (κ1) is 23.9. The molecule has 7 heteroatoms. The number of carbonyl (C=O) groups excluding carboxylic acids is 2. The van der Waals surface area contributed by atoms with Crippen molar-refractivity contribution in [1.29, 1.82) is 0 Å². The normalized spacial score (nSPS) is 17.1. The number of amides is 4. The molecule has 1 saturated heterocycles. The Balaban J connectivity index is 1.25. The number of urea groups is 2. The topological polar surface area (TPSA) is 82.7 Å². The summed E-state index contributed by atoms with van der Waals surface area (Å²) in [7, 11) is 0. The molecule has 1 heterocycles. The van der Waals surface area contributed by atoms with Gasteiger partial charge in [0.2, 0.25) is 0 Å². The zero-order chi connectivity index (χ0) is 23.8. The summed E-state index contributed by atoms with van der Waals surface area (Å²) in [5.41, 5.74) is 2.81. The third kappa shape index (κ3) is 6.89. The van der Waals surface area contributed by atoms with Gasteiger partial charge in [-0.05, 0) is 55.9 Å². The van der Waals surface area contributed by atoms with Crippen LogP contribution in [0.3, 0.4) is 0 Å². The molecular weight excluding hydrogens is 428 g/mol. The lowest BCUT2D eigenvalue weighted by atomic mass is 9.96. The molecule has 34 heavy (non-hydrogen) atoms. The smallest absolute Gasteiger partial charge is 0.321 e. The highest BCUT2D eigenvalue weighted by Gasteiger charge is 2.25. The number of anilines is 1. The lowest BCUT2D eigenvalue weighted by molar-refractivity contribution is 0.186. The van der Waals surface area contributed by atoms with Gasteiger partial charge in [0.1, 0.15) is 12.4 Å². The van der Waals surface area contributed by atoms with Crippen molar-refractivity contribution in [2.75, 3.05) is 18.4 Å². The summed E-state index contributed by atoms with van der Waals surface area (Å²) in [5, 5.41) is 9.22. The van der Waals surface area contributed by atoms with Gasteiger partial charge in [-0.25, -0.2) is 9.59 Å². The van der Waals surface area contributed by atoms with Crippen LogP contribution in [-0.2, 0) is 6.61 Å². The van der Waals surface area contributed by atoms with Crippen LogP contribution in [0.25, 0.3) is 0 Å². The lowest BCUT2D eigenvalue weighted by Gasteiger charge is -2.33. The van der Waals surface area contributed by atoms with Crippen molar-refractivity contribution in [3.8, 4) is 5.75 Å². The van der Waals surface area contributed by atoms with Crippen molar-refractivity contribution >= 4 is 17.7 Å². The predicted molar refractivity (Wildman–Crippen MR) is 134 cm³/mol. The Morgan fingerprint density at radius 1 is 0.912 bits per heavy atom. The fourth-order valence-corrected chi connectivity index (χ4v) is 4.67. The predicted octanol–water partition coefficient (Wildman–Crippen LogP) is 5.20. The maximum atomic E-state index is 12.9. The van der Waals surface area contributed by atoms with Gasteiger partial charge in [0.15, 0.2) is 0 Å². The van der Waals surface area contributed by atoms with E-state index in [0.717, 1.165) is 36.8 Å². The van der Waals surface area contributed by atoms with E-state index < -0.39 is 0 Å². The molecule has 7 nitrogen and oxygen atoms in total. The van der Waals surface area contributed by atoms with E-state index in [-0.39, 0.29) is 18.1 Å². The first-order valence-corrected chi connectivity index (χ1v) is 12.5. The van der Waals surface area contributed by atoms with Gasteiger partial charge in [0, 0.05) is 25.2 Å². The molecule has 1 aliphatic heterocycles. The molecule has 0 spiro atoms. The fraction of sp³-hybridized carbons (Fsp3) is 0.481. The van der Waals surface area contributed by atoms with Crippen LogP contribution in [0, 0.1) is 6.92 Å². The van der Waals surface area contributed by atoms with Gasteiger partial charge < -0.3 is 25.6 Å². The molecule has 4 amide bonds. The van der Waals surface area contributed by atoms with Crippen LogP contribution in [0.1, 0.15) is 56.1 Å². The highest BCUT2D eigenvalue weighted by Crippen LogP contribution is 2.27. The van der Waals surface area contributed by atoms with Crippen molar-refractivity contribution in [1.82, 2.24) is 15.5 Å². The van der Waals surface area contributed by atoms with Gasteiger partial charge in [0.05, 0.1) is 5.69 Å². The maximum Gasteiger partial charge on any atom is 0.321 e. The standard InChI is InChI=1S/C27H36N4O3/c1-20-12-13-24(25(18-20)34-19-21-8-4-2-5-9-21)30-27(33)31-16-14-23(15-17-31)29-26(32)28-22-10-6-3-7-11-22/h2,4-5,8-9,12-13,18,22-23H,3,6-7,10-11,14-17,19H2,1H3,(H,30,33)(H2,28,29,32). The van der Waals surface area contributed by atoms with Gasteiger partial charge in [-0.1, -0.05) is 55.7 Å². The molecule has 0 unspecified atom stereocenters. The molecule has 2 aromatic rings. The molecule has 0 aromatic heterocycles. The van der Waals surface area contributed by atoms with Crippen LogP contribution in [0.4, 0.5) is 15.3 Å². The molecule has 0 bridgehead atoms. The first-order valence-electron chi connectivity index (χ1n) is 12.5. The lowest BCUT2D eigenvalue weighted by Crippen LogP contribution is -2.51. The second-order valence-electron chi connectivity index (χ2n) is 9.42. The van der Waals surface area contributed by atoms with E-state index >= 15 is 0 Å². The summed E-state index contributed by atoms with van der Waals surface area (Å²) in [4.78, 5) is 27.1. The van der Waals surface area contributed by atoms with E-state index in [0.29, 0.717) is 37.2 Å². The number of benzene rings is 2. The van der Waals surface area contributed by atoms with Gasteiger partial charge in [0.25, 0.3) is 0 Å². The molecule has 1 aliphatic carbocycles. The minimum Gasteiger partial charge on any atom is -0.487 e. The number of nitrogens with zero attached hydrogens (tertiary/aromatic N) is 1. The monoisotopic (exact) mass is 464 g/mol. The number of hydrogen-bond acceptors (Lipinski definition) is 3. The van der Waals surface area contributed by atoms with E-state index in [9.17, 15) is 9.59 Å². The Morgan fingerprint density at radius 3 is 2.29 bits per heavy atom. The number of rotatable bonds is 6. The van der Waals surface area contributed by atoms with Gasteiger partial charge >= 0.3 is 12.1 Å². The number of likely N-dealkylation sites (tertiary alicyclic amines) is 1. The van der Waals surface area contributed by atoms with E-state index in [1.807, 2.05) is 55.5 Å². The molecule has 3 N–H and O–H groups in total. The summed E-state index contributed by atoms with van der Waals surface area (Å²) in [6, 6.07) is 15.9. The summed E-state index contributed by atoms with van der Waals surface area (Å²) in [5.74, 6) is 0.660. The quantitative estimate of drug-likeness (QED) is 0.549. The zero-order valence-electron chi connectivity index (χ0n) is 20.0. The van der Waals surface area contributed by atoms with Crippen molar-refractivity contribution in [3.05, 3.63) is 59.7 Å². The minimum atomic E-state index is -0.140. The molecular formula is C27H36N4O3. The molecule has 1 saturated carbocycles. The van der Waals surface area contributed by atoms with Crippen molar-refractivity contribution < 1.29 is 14.3 Å². The second kappa shape index (κ2) is 11.8. The summed E-state index contributed by atoms with van der Waals surface area (Å²) >= 11 is 0. The highest BCUT2D eigenvalue weighted by atomic mass is 16.5. The molecule has 2 aromatic carbocycles. The Morgan fingerprint density at radius 2 is 1.59 bits per heavy atom. The number of nitrogens with one attached hydrogen (secondary N) is 3. The van der Waals surface area contributed by atoms with Gasteiger partial charge in [-0.15, -0.1) is 0 Å². The fourth-order valence-electron chi connectivity index (χ4n) is 4.67. The number of piperidine rings is 1. The number of hydrogen-bond donors (Lipinski definition) is 3. The number of aryl methyl sites for hydroxylation is 1. The number of ether oxygens (including phenoxy) is 1. The van der Waals surface area contributed by atoms with Crippen LogP contribution in [0.2, 0.25) is 0 Å². The molecule has 0 atom stereocenters. The largest absolute Gasteiger partial charge is 0.487 e. The van der Waals surface area contributed by atoms with Crippen LogP contribution in [-0.4, -0.2) is 42.1 Å². The Kier molecular flexibility index (Phi) is 8.28. The van der Waals surface area contributed by atoms with Gasteiger partial charge in [-0.2, -0.15) is 0 Å². The Bertz CT molecular complexity index is 952. The van der Waals surface area contributed by atoms with Crippen molar-refractivity contribution in [3.63, 3.8) is 0 Å². The average Bonchev–Trinajstić information content (AvgIpc) is 2.85. The molecule has 0 radical (unpaired) electrons. The first-order chi connectivity index (χ1) is 16.6. The average molecular weight is 465 g/mol. The van der Waals surface area contributed by atoms with Crippen molar-refractivity contribution in [2.24, 2.45) is 0 Å². The third-order valence-electron chi connectivity index (χ3n) is 6.67. The maximum absolute atomic E-state index is 12.9.